The summed E-state index contributed by atoms with van der Waals surface area (Å²) in [5.74, 6) is -0.279. The minimum atomic E-state index is -0.160. The van der Waals surface area contributed by atoms with Crippen molar-refractivity contribution >= 4 is 22.4 Å². The van der Waals surface area contributed by atoms with Crippen LogP contribution in [0.2, 0.25) is 0 Å². The van der Waals surface area contributed by atoms with Crippen LogP contribution in [0.4, 0.5) is 5.13 Å². The number of nitrogens with zero attached hydrogens (tertiary/aromatic N) is 1. The molecule has 0 spiro atoms. The van der Waals surface area contributed by atoms with Gasteiger partial charge in [0.1, 0.15) is 5.92 Å². The van der Waals surface area contributed by atoms with Gasteiger partial charge in [0.2, 0.25) is 0 Å². The van der Waals surface area contributed by atoms with E-state index in [1.807, 2.05) is 6.92 Å². The third kappa shape index (κ3) is 3.51. The fourth-order valence-electron chi connectivity index (χ4n) is 2.67. The van der Waals surface area contributed by atoms with E-state index in [0.29, 0.717) is 12.6 Å². The predicted octanol–water partition coefficient (Wildman–Crippen LogP) is 3.73. The van der Waals surface area contributed by atoms with Gasteiger partial charge in [-0.05, 0) is 39.5 Å². The summed E-state index contributed by atoms with van der Waals surface area (Å²) >= 11 is 1.70. The molecule has 0 aromatic carbocycles. The molecule has 0 saturated heterocycles. The van der Waals surface area contributed by atoms with Gasteiger partial charge < -0.3 is 10.1 Å². The van der Waals surface area contributed by atoms with Crippen LogP contribution in [-0.4, -0.2) is 23.6 Å². The van der Waals surface area contributed by atoms with Gasteiger partial charge in [0, 0.05) is 10.9 Å². The Morgan fingerprint density at radius 3 is 3.05 bits per heavy atom. The normalized spacial score (nSPS) is 19.2. The summed E-state index contributed by atoms with van der Waals surface area (Å²) in [6.45, 7) is 6.64. The number of ether oxygens (including phenoxy) is 1. The molecule has 0 aliphatic heterocycles. The summed E-state index contributed by atoms with van der Waals surface area (Å²) in [5, 5.41) is 4.40. The molecular formula is C15H24N2O2S. The SMILES string of the molecule is CCCC(C)Nc1nc2c(s1)CCCC2C(=O)OCC. The summed E-state index contributed by atoms with van der Waals surface area (Å²) in [6, 6.07) is 0.425. The van der Waals surface area contributed by atoms with Crippen LogP contribution in [0.25, 0.3) is 0 Å². The monoisotopic (exact) mass is 296 g/mol. The maximum absolute atomic E-state index is 12.0. The van der Waals surface area contributed by atoms with Crippen LogP contribution in [0.5, 0.6) is 0 Å². The number of aryl methyl sites for hydroxylation is 1. The Morgan fingerprint density at radius 1 is 1.55 bits per heavy atom. The third-order valence-corrected chi connectivity index (χ3v) is 4.68. The van der Waals surface area contributed by atoms with Gasteiger partial charge in [-0.15, -0.1) is 11.3 Å². The quantitative estimate of drug-likeness (QED) is 0.813. The van der Waals surface area contributed by atoms with Crippen LogP contribution in [-0.2, 0) is 16.0 Å². The van der Waals surface area contributed by atoms with E-state index >= 15 is 0 Å². The number of anilines is 1. The van der Waals surface area contributed by atoms with Gasteiger partial charge in [0.15, 0.2) is 5.13 Å². The number of thiazole rings is 1. The van der Waals surface area contributed by atoms with Crippen molar-refractivity contribution < 1.29 is 9.53 Å². The average molecular weight is 296 g/mol. The average Bonchev–Trinajstić information content (AvgIpc) is 2.80. The first-order valence-electron chi connectivity index (χ1n) is 7.58. The van der Waals surface area contributed by atoms with Crippen molar-refractivity contribution in [2.24, 2.45) is 0 Å². The van der Waals surface area contributed by atoms with Crippen LogP contribution in [0.15, 0.2) is 0 Å². The second-order valence-electron chi connectivity index (χ2n) is 5.36. The van der Waals surface area contributed by atoms with E-state index in [1.54, 1.807) is 11.3 Å². The largest absolute Gasteiger partial charge is 0.465 e. The summed E-state index contributed by atoms with van der Waals surface area (Å²) < 4.78 is 5.17. The van der Waals surface area contributed by atoms with E-state index < -0.39 is 0 Å². The Kier molecular flexibility index (Phi) is 5.40. The van der Waals surface area contributed by atoms with Gasteiger partial charge in [-0.1, -0.05) is 13.3 Å². The van der Waals surface area contributed by atoms with E-state index in [9.17, 15) is 4.79 Å². The lowest BCUT2D eigenvalue weighted by atomic mass is 9.91. The number of carbonyl (C=O) groups is 1. The fourth-order valence-corrected chi connectivity index (χ4v) is 3.84. The Bertz CT molecular complexity index is 459. The smallest absolute Gasteiger partial charge is 0.315 e. The molecule has 1 aromatic rings. The zero-order valence-corrected chi connectivity index (χ0v) is 13.4. The molecule has 1 aliphatic rings. The molecule has 20 heavy (non-hydrogen) atoms. The lowest BCUT2D eigenvalue weighted by Crippen LogP contribution is -2.20. The number of rotatable bonds is 6. The van der Waals surface area contributed by atoms with E-state index in [2.05, 4.69) is 24.1 Å². The minimum Gasteiger partial charge on any atom is -0.465 e. The van der Waals surface area contributed by atoms with Crippen LogP contribution in [0.3, 0.4) is 0 Å². The van der Waals surface area contributed by atoms with Gasteiger partial charge in [-0.2, -0.15) is 0 Å². The van der Waals surface area contributed by atoms with Gasteiger partial charge in [-0.3, -0.25) is 4.79 Å². The van der Waals surface area contributed by atoms with Crippen LogP contribution >= 0.6 is 11.3 Å². The fraction of sp³-hybridized carbons (Fsp3) is 0.733. The van der Waals surface area contributed by atoms with Crippen molar-refractivity contribution in [2.45, 2.75) is 64.8 Å². The Balaban J connectivity index is 2.12. The molecule has 0 fully saturated rings. The Morgan fingerprint density at radius 2 is 2.35 bits per heavy atom. The van der Waals surface area contributed by atoms with E-state index in [4.69, 9.17) is 4.74 Å². The third-order valence-electron chi connectivity index (χ3n) is 3.62. The van der Waals surface area contributed by atoms with E-state index in [0.717, 1.165) is 42.9 Å². The molecule has 4 nitrogen and oxygen atoms in total. The first-order valence-corrected chi connectivity index (χ1v) is 8.40. The lowest BCUT2D eigenvalue weighted by Gasteiger charge is -2.19. The highest BCUT2D eigenvalue weighted by molar-refractivity contribution is 7.15. The van der Waals surface area contributed by atoms with Gasteiger partial charge in [0.05, 0.1) is 12.3 Å². The summed E-state index contributed by atoms with van der Waals surface area (Å²) in [4.78, 5) is 17.9. The highest BCUT2D eigenvalue weighted by Gasteiger charge is 2.31. The summed E-state index contributed by atoms with van der Waals surface area (Å²) in [5.41, 5.74) is 0.950. The number of hydrogen-bond donors (Lipinski definition) is 1. The number of hydrogen-bond acceptors (Lipinski definition) is 5. The molecule has 0 bridgehead atoms. The molecule has 0 amide bonds. The molecule has 2 rings (SSSR count). The summed E-state index contributed by atoms with van der Waals surface area (Å²) in [7, 11) is 0. The van der Waals surface area contributed by atoms with E-state index in [1.165, 1.54) is 4.88 Å². The Hall–Kier alpha value is -1.10. The first-order chi connectivity index (χ1) is 9.65. The number of fused-ring (bicyclic) bond motifs is 1. The second kappa shape index (κ2) is 7.07. The molecule has 1 aliphatic carbocycles. The van der Waals surface area contributed by atoms with Gasteiger partial charge in [-0.25, -0.2) is 4.98 Å². The van der Waals surface area contributed by atoms with Crippen molar-refractivity contribution in [1.82, 2.24) is 4.98 Å². The molecule has 5 heteroatoms. The van der Waals surface area contributed by atoms with Crippen molar-refractivity contribution in [1.29, 1.82) is 0 Å². The zero-order valence-electron chi connectivity index (χ0n) is 12.6. The highest BCUT2D eigenvalue weighted by Crippen LogP contribution is 2.37. The standard InChI is InChI=1S/C15H24N2O2S/c1-4-7-10(3)16-15-17-13-11(14(18)19-5-2)8-6-9-12(13)20-15/h10-11H,4-9H2,1-3H3,(H,16,17). The second-order valence-corrected chi connectivity index (χ2v) is 6.44. The highest BCUT2D eigenvalue weighted by atomic mass is 32.1. The van der Waals surface area contributed by atoms with Gasteiger partial charge >= 0.3 is 5.97 Å². The molecule has 1 N–H and O–H groups in total. The number of aromatic nitrogens is 1. The van der Waals surface area contributed by atoms with Crippen molar-refractivity contribution in [3.63, 3.8) is 0 Å². The molecule has 2 atom stereocenters. The zero-order chi connectivity index (χ0) is 14.5. The maximum atomic E-state index is 12.0. The minimum absolute atomic E-state index is 0.119. The molecule has 1 heterocycles. The van der Waals surface area contributed by atoms with Crippen LogP contribution < -0.4 is 5.32 Å². The Labute approximate surface area is 124 Å². The summed E-state index contributed by atoms with van der Waals surface area (Å²) in [6.07, 6.45) is 5.23. The molecule has 0 radical (unpaired) electrons. The van der Waals surface area contributed by atoms with E-state index in [-0.39, 0.29) is 11.9 Å². The number of esters is 1. The molecule has 1 aromatic heterocycles. The van der Waals surface area contributed by atoms with Crippen molar-refractivity contribution in [2.75, 3.05) is 11.9 Å². The predicted molar refractivity (Wildman–Crippen MR) is 82.4 cm³/mol. The maximum Gasteiger partial charge on any atom is 0.315 e. The number of carbonyl (C=O) groups excluding carboxylic acids is 1. The van der Waals surface area contributed by atoms with Crippen molar-refractivity contribution in [3.8, 4) is 0 Å². The topological polar surface area (TPSA) is 51.2 Å². The molecule has 112 valence electrons. The lowest BCUT2D eigenvalue weighted by molar-refractivity contribution is -0.145. The number of nitrogens with one attached hydrogen (secondary N) is 1. The van der Waals surface area contributed by atoms with Gasteiger partial charge in [0.25, 0.3) is 0 Å². The molecule has 0 saturated carbocycles. The first kappa shape index (κ1) is 15.3. The molecular weight excluding hydrogens is 272 g/mol. The van der Waals surface area contributed by atoms with Crippen molar-refractivity contribution in [3.05, 3.63) is 10.6 Å². The molecule has 2 unspecified atom stereocenters. The van der Waals surface area contributed by atoms with Crippen LogP contribution in [0, 0.1) is 0 Å². The van der Waals surface area contributed by atoms with Crippen LogP contribution in [0.1, 0.15) is 62.9 Å².